The fourth-order valence-electron chi connectivity index (χ4n) is 1.97. The number of rotatable bonds is 33. The molecule has 0 aromatic carbocycles. The number of carbonyl (C=O) groups excluding carboxylic acids is 2. The van der Waals surface area contributed by atoms with Crippen LogP contribution in [-0.4, -0.2) is 141 Å². The lowest BCUT2D eigenvalue weighted by molar-refractivity contribution is -0.274. The Hall–Kier alpha value is 1.50. The number of hydrogen-bond donors (Lipinski definition) is 2. The zero-order valence-corrected chi connectivity index (χ0v) is 29.1. The number of carbonyl (C=O) groups is 2. The lowest BCUT2D eigenvalue weighted by Crippen LogP contribution is -2.08. The highest BCUT2D eigenvalue weighted by molar-refractivity contribution is 8.04. The van der Waals surface area contributed by atoms with E-state index in [-0.39, 0.29) is 25.2 Å². The Bertz CT molecular complexity index is 558. The fourth-order valence-corrected chi connectivity index (χ4v) is 7.80. The van der Waals surface area contributed by atoms with Crippen molar-refractivity contribution in [1.82, 2.24) is 0 Å². The number of thioether (sulfide) groups is 8. The zero-order valence-electron chi connectivity index (χ0n) is 22.6. The second-order valence-corrected chi connectivity index (χ2v) is 15.7. The van der Waals surface area contributed by atoms with Gasteiger partial charge in [0.15, 0.2) is 0 Å². The van der Waals surface area contributed by atoms with Crippen molar-refractivity contribution in [2.24, 2.45) is 0 Å². The number of hydrogen-bond acceptors (Lipinski definition) is 18. The summed E-state index contributed by atoms with van der Waals surface area (Å²) in [5.74, 6) is 10.0. The fraction of sp³-hybridized carbons (Fsp3) is 0.909. The van der Waals surface area contributed by atoms with Crippen molar-refractivity contribution in [2.45, 2.75) is 0 Å². The summed E-state index contributed by atoms with van der Waals surface area (Å²) in [4.78, 5) is 43.5. The summed E-state index contributed by atoms with van der Waals surface area (Å²) in [6, 6.07) is 0. The van der Waals surface area contributed by atoms with Gasteiger partial charge in [-0.2, -0.15) is 23.5 Å². The Kier molecular flexibility index (Phi) is 38.1. The van der Waals surface area contributed by atoms with Crippen LogP contribution in [-0.2, 0) is 38.6 Å². The Morgan fingerprint density at radius 1 is 0.425 bits per heavy atom. The Morgan fingerprint density at radius 3 is 1.27 bits per heavy atom. The van der Waals surface area contributed by atoms with Crippen LogP contribution in [0.25, 0.3) is 0 Å². The van der Waals surface area contributed by atoms with E-state index in [1.165, 1.54) is 23.5 Å². The van der Waals surface area contributed by atoms with Gasteiger partial charge in [-0.15, -0.1) is 70.6 Å². The molecule has 0 spiro atoms. The first-order chi connectivity index (χ1) is 19.7. The van der Waals surface area contributed by atoms with E-state index in [0.717, 1.165) is 46.0 Å². The van der Waals surface area contributed by atoms with Crippen LogP contribution < -0.4 is 0 Å². The third-order valence-corrected chi connectivity index (χ3v) is 11.2. The molecule has 0 aromatic heterocycles. The minimum atomic E-state index is -0.221. The highest BCUT2D eigenvalue weighted by Crippen LogP contribution is 2.12. The number of ether oxygens (including phenoxy) is 2. The molecule has 40 heavy (non-hydrogen) atoms. The van der Waals surface area contributed by atoms with E-state index < -0.39 is 0 Å². The van der Waals surface area contributed by atoms with Crippen molar-refractivity contribution >= 4 is 106 Å². The van der Waals surface area contributed by atoms with Gasteiger partial charge in [0.05, 0.1) is 37.9 Å². The molecule has 0 aromatic rings. The van der Waals surface area contributed by atoms with E-state index >= 15 is 0 Å². The van der Waals surface area contributed by atoms with E-state index in [4.69, 9.17) is 39.2 Å². The molecule has 0 saturated carbocycles. The largest absolute Gasteiger partial charge is 0.454 e. The molecule has 0 atom stereocenters. The van der Waals surface area contributed by atoms with E-state index in [1.54, 1.807) is 70.6 Å². The maximum atomic E-state index is 11.8. The van der Waals surface area contributed by atoms with Gasteiger partial charge in [0.1, 0.15) is 23.8 Å². The molecule has 2 N–H and O–H groups in total. The Labute approximate surface area is 272 Å². The first-order valence-corrected chi connectivity index (χ1v) is 21.6. The molecule has 0 heterocycles. The molecule has 0 bridgehead atoms. The summed E-state index contributed by atoms with van der Waals surface area (Å²) in [5.41, 5.74) is 0. The maximum absolute atomic E-state index is 11.8. The van der Waals surface area contributed by atoms with Crippen molar-refractivity contribution in [1.29, 1.82) is 0 Å². The lowest BCUT2D eigenvalue weighted by Gasteiger charge is -2.06. The first kappa shape index (κ1) is 41.5. The van der Waals surface area contributed by atoms with Crippen molar-refractivity contribution in [3.63, 3.8) is 0 Å². The SMILES string of the molecule is O=C(CSCCSCCOOCSCCSCOC(=O)CSCCSCCOOCSCCO)OCSCCO. The van der Waals surface area contributed by atoms with E-state index in [1.807, 2.05) is 0 Å². The van der Waals surface area contributed by atoms with Crippen molar-refractivity contribution in [3.8, 4) is 0 Å². The molecule has 238 valence electrons. The van der Waals surface area contributed by atoms with Gasteiger partial charge in [-0.25, -0.2) is 19.6 Å². The lowest BCUT2D eigenvalue weighted by atomic mass is 10.8. The third kappa shape index (κ3) is 35.7. The van der Waals surface area contributed by atoms with Crippen LogP contribution >= 0.6 is 94.1 Å². The highest BCUT2D eigenvalue weighted by atomic mass is 32.2. The average Bonchev–Trinajstić information content (AvgIpc) is 2.95. The molecule has 0 unspecified atom stereocenters. The van der Waals surface area contributed by atoms with Gasteiger partial charge in [0.2, 0.25) is 0 Å². The summed E-state index contributed by atoms with van der Waals surface area (Å²) >= 11 is 12.7. The molecule has 10 nitrogen and oxygen atoms in total. The number of aliphatic hydroxyl groups is 2. The standard InChI is InChI=1S/C22H42O10S8/c23-1-5-37-17-27-21(25)15-35-11-9-34-8-4-30-32-20-40-14-13-39-18-28-22(26)16-36-12-10-33-7-3-29-31-19-38-6-2-24/h23-24H,1-20H2. The Morgan fingerprint density at radius 2 is 0.800 bits per heavy atom. The van der Waals surface area contributed by atoms with Gasteiger partial charge in [-0.3, -0.25) is 9.59 Å². The van der Waals surface area contributed by atoms with Crippen LogP contribution in [0.5, 0.6) is 0 Å². The van der Waals surface area contributed by atoms with Gasteiger partial charge >= 0.3 is 11.9 Å². The molecule has 18 heteroatoms. The summed E-state index contributed by atoms with van der Waals surface area (Å²) in [5, 5.41) is 17.3. The first-order valence-electron chi connectivity index (χ1n) is 12.3. The van der Waals surface area contributed by atoms with Gasteiger partial charge in [0, 0.05) is 57.5 Å². The minimum Gasteiger partial charge on any atom is -0.454 e. The second-order valence-electron chi connectivity index (χ2n) is 6.79. The molecule has 0 fully saturated rings. The van der Waals surface area contributed by atoms with E-state index in [2.05, 4.69) is 0 Å². The molecular formula is C22H42O10S8. The molecular weight excluding hydrogens is 681 g/mol. The van der Waals surface area contributed by atoms with Gasteiger partial charge in [-0.05, 0) is 0 Å². The normalized spacial score (nSPS) is 11.2. The Balaban J connectivity index is 3.19. The summed E-state index contributed by atoms with van der Waals surface area (Å²) in [6.45, 7) is 1.26. The summed E-state index contributed by atoms with van der Waals surface area (Å²) in [6.07, 6.45) is 0. The number of aliphatic hydroxyl groups excluding tert-OH is 2. The average molecular weight is 723 g/mol. The number of esters is 2. The van der Waals surface area contributed by atoms with Crippen LogP contribution in [0, 0.1) is 0 Å². The third-order valence-electron chi connectivity index (χ3n) is 3.69. The van der Waals surface area contributed by atoms with Crippen LogP contribution in [0.3, 0.4) is 0 Å². The van der Waals surface area contributed by atoms with E-state index in [0.29, 0.717) is 60.0 Å². The molecule has 0 aliphatic carbocycles. The second kappa shape index (κ2) is 36.7. The molecule has 0 radical (unpaired) electrons. The van der Waals surface area contributed by atoms with Crippen molar-refractivity contribution in [3.05, 3.63) is 0 Å². The monoisotopic (exact) mass is 722 g/mol. The molecule has 0 aliphatic heterocycles. The van der Waals surface area contributed by atoms with Crippen LogP contribution in [0.2, 0.25) is 0 Å². The zero-order chi connectivity index (χ0) is 29.2. The highest BCUT2D eigenvalue weighted by Gasteiger charge is 2.04. The van der Waals surface area contributed by atoms with Crippen molar-refractivity contribution < 1.29 is 48.8 Å². The summed E-state index contributed by atoms with van der Waals surface area (Å²) < 4.78 is 10.3. The smallest absolute Gasteiger partial charge is 0.316 e. The van der Waals surface area contributed by atoms with Gasteiger partial charge in [-0.1, -0.05) is 0 Å². The predicted octanol–water partition coefficient (Wildman–Crippen LogP) is 3.65. The van der Waals surface area contributed by atoms with Gasteiger partial charge < -0.3 is 19.7 Å². The van der Waals surface area contributed by atoms with Crippen LogP contribution in [0.4, 0.5) is 0 Å². The molecule has 0 amide bonds. The summed E-state index contributed by atoms with van der Waals surface area (Å²) in [7, 11) is 0. The minimum absolute atomic E-state index is 0.0895. The molecule has 0 saturated heterocycles. The van der Waals surface area contributed by atoms with Gasteiger partial charge in [0.25, 0.3) is 0 Å². The van der Waals surface area contributed by atoms with Crippen LogP contribution in [0.1, 0.15) is 0 Å². The van der Waals surface area contributed by atoms with Crippen LogP contribution in [0.15, 0.2) is 0 Å². The molecule has 0 aliphatic rings. The van der Waals surface area contributed by atoms with E-state index in [9.17, 15) is 9.59 Å². The molecule has 0 rings (SSSR count). The maximum Gasteiger partial charge on any atom is 0.316 e. The quantitative estimate of drug-likeness (QED) is 0.0336. The van der Waals surface area contributed by atoms with Crippen molar-refractivity contribution in [2.75, 3.05) is 119 Å². The predicted molar refractivity (Wildman–Crippen MR) is 179 cm³/mol. The topological polar surface area (TPSA) is 130 Å².